The number of carbonyl (C=O) groups is 1. The molecule has 5 heteroatoms. The van der Waals surface area contributed by atoms with Gasteiger partial charge in [-0.2, -0.15) is 0 Å². The highest BCUT2D eigenvalue weighted by Gasteiger charge is 2.25. The third-order valence-corrected chi connectivity index (χ3v) is 5.90. The van der Waals surface area contributed by atoms with Crippen LogP contribution in [0.2, 0.25) is 0 Å². The molecule has 0 aliphatic heterocycles. The number of hydrogen-bond donors (Lipinski definition) is 0. The van der Waals surface area contributed by atoms with Gasteiger partial charge in [0, 0.05) is 16.0 Å². The molecular weight excluding hydrogens is 302 g/mol. The third-order valence-electron chi connectivity index (χ3n) is 3.74. The van der Waals surface area contributed by atoms with E-state index in [9.17, 15) is 4.79 Å². The second-order valence-corrected chi connectivity index (χ2v) is 7.14. The molecule has 3 rings (SSSR count). The Labute approximate surface area is 132 Å². The van der Waals surface area contributed by atoms with Gasteiger partial charge in [0.2, 0.25) is 0 Å². The molecule has 21 heavy (non-hydrogen) atoms. The van der Waals surface area contributed by atoms with E-state index in [2.05, 4.69) is 23.4 Å². The van der Waals surface area contributed by atoms with Gasteiger partial charge >= 0.3 is 5.97 Å². The highest BCUT2D eigenvalue weighted by molar-refractivity contribution is 7.16. The number of carbonyl (C=O) groups excluding carboxylic acids is 1. The molecule has 2 aromatic heterocycles. The molecule has 110 valence electrons. The minimum Gasteiger partial charge on any atom is -0.465 e. The number of aryl methyl sites for hydroxylation is 2. The number of ether oxygens (including phenoxy) is 1. The summed E-state index contributed by atoms with van der Waals surface area (Å²) in [7, 11) is 1.44. The van der Waals surface area contributed by atoms with E-state index >= 15 is 0 Å². The Morgan fingerprint density at radius 1 is 1.38 bits per heavy atom. The van der Waals surface area contributed by atoms with E-state index in [0.717, 1.165) is 34.7 Å². The van der Waals surface area contributed by atoms with E-state index in [1.165, 1.54) is 24.0 Å². The molecular formula is C16H17NO2S2. The fourth-order valence-corrected chi connectivity index (χ4v) is 4.60. The molecule has 0 fully saturated rings. The SMILES string of the molecule is COC(=O)c1c(N=Cc2sccc2C)sc2c1CCCC2. The average molecular weight is 319 g/mol. The Kier molecular flexibility index (Phi) is 4.22. The van der Waals surface area contributed by atoms with Crippen LogP contribution in [0.3, 0.4) is 0 Å². The van der Waals surface area contributed by atoms with Crippen LogP contribution in [-0.2, 0) is 17.6 Å². The lowest BCUT2D eigenvalue weighted by Gasteiger charge is -2.11. The maximum atomic E-state index is 12.1. The molecule has 2 aromatic rings. The maximum absolute atomic E-state index is 12.1. The number of hydrogen-bond acceptors (Lipinski definition) is 5. The van der Waals surface area contributed by atoms with Gasteiger partial charge in [-0.25, -0.2) is 9.79 Å². The van der Waals surface area contributed by atoms with Gasteiger partial charge in [-0.15, -0.1) is 22.7 Å². The first kappa shape index (κ1) is 14.5. The van der Waals surface area contributed by atoms with Gasteiger partial charge in [-0.05, 0) is 55.2 Å². The third kappa shape index (κ3) is 2.80. The smallest absolute Gasteiger partial charge is 0.341 e. The van der Waals surface area contributed by atoms with Crippen LogP contribution in [0.25, 0.3) is 0 Å². The van der Waals surface area contributed by atoms with E-state index in [1.807, 2.05) is 6.21 Å². The summed E-state index contributed by atoms with van der Waals surface area (Å²) in [5.41, 5.74) is 3.06. The van der Waals surface area contributed by atoms with E-state index in [0.29, 0.717) is 5.56 Å². The lowest BCUT2D eigenvalue weighted by molar-refractivity contribution is 0.0601. The standard InChI is InChI=1S/C16H17NO2S2/c1-10-7-8-20-13(10)9-17-15-14(16(18)19-2)11-5-3-4-6-12(11)21-15/h7-9H,3-6H2,1-2H3. The lowest BCUT2D eigenvalue weighted by Crippen LogP contribution is -2.07. The van der Waals surface area contributed by atoms with Crippen molar-refractivity contribution in [1.82, 2.24) is 0 Å². The monoisotopic (exact) mass is 319 g/mol. The van der Waals surface area contributed by atoms with Gasteiger partial charge in [-0.3, -0.25) is 0 Å². The summed E-state index contributed by atoms with van der Waals surface area (Å²) in [4.78, 5) is 19.1. The largest absolute Gasteiger partial charge is 0.465 e. The molecule has 0 saturated carbocycles. The molecule has 0 unspecified atom stereocenters. The van der Waals surface area contributed by atoms with Crippen LogP contribution in [0.4, 0.5) is 5.00 Å². The van der Waals surface area contributed by atoms with E-state index in [-0.39, 0.29) is 5.97 Å². The molecule has 0 saturated heterocycles. The molecule has 0 amide bonds. The molecule has 0 bridgehead atoms. The van der Waals surface area contributed by atoms with Crippen molar-refractivity contribution in [1.29, 1.82) is 0 Å². The van der Waals surface area contributed by atoms with E-state index in [1.54, 1.807) is 22.7 Å². The van der Waals surface area contributed by atoms with Crippen LogP contribution in [-0.4, -0.2) is 19.3 Å². The predicted molar refractivity (Wildman–Crippen MR) is 88.6 cm³/mol. The normalized spacial score (nSPS) is 14.4. The average Bonchev–Trinajstić information content (AvgIpc) is 3.07. The van der Waals surface area contributed by atoms with Crippen LogP contribution >= 0.6 is 22.7 Å². The molecule has 3 nitrogen and oxygen atoms in total. The van der Waals surface area contributed by atoms with Crippen LogP contribution in [0.5, 0.6) is 0 Å². The molecule has 0 N–H and O–H groups in total. The van der Waals surface area contributed by atoms with Crippen molar-refractivity contribution in [2.45, 2.75) is 32.6 Å². The van der Waals surface area contributed by atoms with Crippen molar-refractivity contribution < 1.29 is 9.53 Å². The van der Waals surface area contributed by atoms with Gasteiger partial charge in [0.15, 0.2) is 0 Å². The maximum Gasteiger partial charge on any atom is 0.341 e. The van der Waals surface area contributed by atoms with Crippen molar-refractivity contribution in [2.75, 3.05) is 7.11 Å². The zero-order valence-electron chi connectivity index (χ0n) is 12.1. The molecule has 2 heterocycles. The second kappa shape index (κ2) is 6.12. The fourth-order valence-electron chi connectivity index (χ4n) is 2.59. The lowest BCUT2D eigenvalue weighted by atomic mass is 9.95. The first-order valence-electron chi connectivity index (χ1n) is 7.01. The summed E-state index contributed by atoms with van der Waals surface area (Å²) < 4.78 is 4.96. The molecule has 0 radical (unpaired) electrons. The minimum absolute atomic E-state index is 0.260. The van der Waals surface area contributed by atoms with E-state index < -0.39 is 0 Å². The zero-order valence-corrected chi connectivity index (χ0v) is 13.8. The Balaban J connectivity index is 2.01. The van der Waals surface area contributed by atoms with Gasteiger partial charge in [-0.1, -0.05) is 0 Å². The molecule has 0 atom stereocenters. The minimum atomic E-state index is -0.260. The number of rotatable bonds is 3. The number of thiophene rings is 2. The van der Waals surface area contributed by atoms with Gasteiger partial charge < -0.3 is 4.74 Å². The zero-order chi connectivity index (χ0) is 14.8. The Morgan fingerprint density at radius 2 is 2.19 bits per heavy atom. The van der Waals surface area contributed by atoms with Crippen LogP contribution in [0, 0.1) is 6.92 Å². The Morgan fingerprint density at radius 3 is 2.90 bits per heavy atom. The van der Waals surface area contributed by atoms with Crippen molar-refractivity contribution in [3.8, 4) is 0 Å². The first-order valence-corrected chi connectivity index (χ1v) is 8.71. The summed E-state index contributed by atoms with van der Waals surface area (Å²) in [6.45, 7) is 2.07. The second-order valence-electron chi connectivity index (χ2n) is 5.11. The molecule has 0 aromatic carbocycles. The van der Waals surface area contributed by atoms with Gasteiger partial charge in [0.1, 0.15) is 5.00 Å². The summed E-state index contributed by atoms with van der Waals surface area (Å²) >= 11 is 3.30. The van der Waals surface area contributed by atoms with Crippen molar-refractivity contribution in [3.05, 3.63) is 37.9 Å². The number of aliphatic imine (C=N–C) groups is 1. The first-order chi connectivity index (χ1) is 10.2. The fraction of sp³-hybridized carbons (Fsp3) is 0.375. The van der Waals surface area contributed by atoms with Crippen LogP contribution < -0.4 is 0 Å². The summed E-state index contributed by atoms with van der Waals surface area (Å²) in [6, 6.07) is 2.08. The van der Waals surface area contributed by atoms with Crippen molar-refractivity contribution in [3.63, 3.8) is 0 Å². The Bertz CT molecular complexity index is 697. The molecule has 1 aliphatic carbocycles. The number of nitrogens with zero attached hydrogens (tertiary/aromatic N) is 1. The summed E-state index contributed by atoms with van der Waals surface area (Å²) in [5, 5.41) is 2.85. The summed E-state index contributed by atoms with van der Waals surface area (Å²) in [5.74, 6) is -0.260. The number of esters is 1. The van der Waals surface area contributed by atoms with E-state index in [4.69, 9.17) is 4.74 Å². The van der Waals surface area contributed by atoms with Gasteiger partial charge in [0.25, 0.3) is 0 Å². The number of methoxy groups -OCH3 is 1. The topological polar surface area (TPSA) is 38.7 Å². The Hall–Kier alpha value is -1.46. The van der Waals surface area contributed by atoms with Crippen molar-refractivity contribution in [2.24, 2.45) is 4.99 Å². The van der Waals surface area contributed by atoms with Gasteiger partial charge in [0.05, 0.1) is 12.7 Å². The highest BCUT2D eigenvalue weighted by atomic mass is 32.1. The van der Waals surface area contributed by atoms with Crippen molar-refractivity contribution >= 4 is 39.9 Å². The summed E-state index contributed by atoms with van der Waals surface area (Å²) in [6.07, 6.45) is 6.22. The highest BCUT2D eigenvalue weighted by Crippen LogP contribution is 2.40. The quantitative estimate of drug-likeness (QED) is 0.615. The molecule has 0 spiro atoms. The molecule has 1 aliphatic rings. The number of fused-ring (bicyclic) bond motifs is 1. The van der Waals surface area contributed by atoms with Crippen LogP contribution in [0.1, 0.15) is 44.1 Å². The predicted octanol–water partition coefficient (Wildman–Crippen LogP) is 4.53. The van der Waals surface area contributed by atoms with Crippen LogP contribution in [0.15, 0.2) is 16.4 Å².